The summed E-state index contributed by atoms with van der Waals surface area (Å²) in [6, 6.07) is 6.19. The van der Waals surface area contributed by atoms with Crippen molar-refractivity contribution >= 4 is 0 Å². The first kappa shape index (κ1) is 10.8. The summed E-state index contributed by atoms with van der Waals surface area (Å²) >= 11 is 0. The van der Waals surface area contributed by atoms with E-state index in [4.69, 9.17) is 0 Å². The second kappa shape index (κ2) is 3.61. The van der Waals surface area contributed by atoms with Gasteiger partial charge in [-0.05, 0) is 26.3 Å². The molecule has 0 aromatic carbocycles. The van der Waals surface area contributed by atoms with Gasteiger partial charge in [0.25, 0.3) is 6.04 Å². The minimum absolute atomic E-state index is 0.287. The molecule has 0 N–H and O–H groups in total. The van der Waals surface area contributed by atoms with Crippen molar-refractivity contribution in [1.82, 2.24) is 10.2 Å². The molecule has 1 aliphatic heterocycles. The average Bonchev–Trinajstić information content (AvgIpc) is 2.68. The molecule has 4 heteroatoms. The highest BCUT2D eigenvalue weighted by atomic mass is 15.1. The van der Waals surface area contributed by atoms with Crippen LogP contribution in [0.15, 0.2) is 18.3 Å². The number of hydrogen-bond donors (Lipinski definition) is 0. The molecule has 18 heavy (non-hydrogen) atoms. The lowest BCUT2D eigenvalue weighted by molar-refractivity contribution is -0.685. The van der Waals surface area contributed by atoms with Crippen molar-refractivity contribution in [3.05, 3.63) is 40.8 Å². The number of nitriles is 1. The van der Waals surface area contributed by atoms with Crippen LogP contribution in [0.3, 0.4) is 0 Å². The molecule has 1 unspecified atom stereocenters. The Labute approximate surface area is 106 Å². The van der Waals surface area contributed by atoms with Gasteiger partial charge in [-0.2, -0.15) is 20.0 Å². The Bertz CT molecular complexity index is 698. The van der Waals surface area contributed by atoms with Gasteiger partial charge in [-0.25, -0.2) is 0 Å². The van der Waals surface area contributed by atoms with Crippen molar-refractivity contribution in [1.29, 1.82) is 5.26 Å². The molecule has 0 aliphatic carbocycles. The fourth-order valence-electron chi connectivity index (χ4n) is 2.60. The molecular formula is C14H13N4+. The second-order valence-corrected chi connectivity index (χ2v) is 4.69. The normalized spacial score (nSPS) is 16.0. The Hall–Kier alpha value is -2.28. The van der Waals surface area contributed by atoms with E-state index in [0.717, 1.165) is 28.2 Å². The maximum Gasteiger partial charge on any atom is 0.272 e. The zero-order valence-electron chi connectivity index (χ0n) is 10.6. The zero-order valence-corrected chi connectivity index (χ0v) is 10.6. The monoisotopic (exact) mass is 237 g/mol. The van der Waals surface area contributed by atoms with E-state index in [0.29, 0.717) is 0 Å². The first-order valence-electron chi connectivity index (χ1n) is 5.89. The highest BCUT2D eigenvalue weighted by molar-refractivity contribution is 5.68. The lowest BCUT2D eigenvalue weighted by Crippen LogP contribution is -2.36. The maximum atomic E-state index is 9.43. The van der Waals surface area contributed by atoms with Crippen LogP contribution >= 0.6 is 0 Å². The molecule has 2 aromatic rings. The predicted octanol–water partition coefficient (Wildman–Crippen LogP) is 1.78. The second-order valence-electron chi connectivity index (χ2n) is 4.69. The summed E-state index contributed by atoms with van der Waals surface area (Å²) in [5.41, 5.74) is 6.02. The largest absolute Gasteiger partial charge is 0.272 e. The molecule has 0 amide bonds. The number of aryl methyl sites for hydroxylation is 3. The van der Waals surface area contributed by atoms with E-state index in [9.17, 15) is 5.26 Å². The zero-order chi connectivity index (χ0) is 12.9. The molecule has 0 bridgehead atoms. The standard InChI is InChI=1S/C14H13N4/c1-8-4-5-18-11(6-8)13-9(2)16-17-10(3)14(13)12(18)7-15/h4-6,12H,1-3H3/q+1. The van der Waals surface area contributed by atoms with Crippen LogP contribution in [0.1, 0.15) is 28.6 Å². The molecule has 0 saturated carbocycles. The van der Waals surface area contributed by atoms with Crippen molar-refractivity contribution in [2.24, 2.45) is 0 Å². The molecule has 0 spiro atoms. The highest BCUT2D eigenvalue weighted by Crippen LogP contribution is 2.36. The molecule has 2 aromatic heterocycles. The fraction of sp³-hybridized carbons (Fsp3) is 0.286. The summed E-state index contributed by atoms with van der Waals surface area (Å²) in [7, 11) is 0. The average molecular weight is 237 g/mol. The molecule has 4 nitrogen and oxygen atoms in total. The van der Waals surface area contributed by atoms with Crippen molar-refractivity contribution in [2.45, 2.75) is 26.8 Å². The van der Waals surface area contributed by atoms with Crippen LogP contribution in [0.2, 0.25) is 0 Å². The van der Waals surface area contributed by atoms with Gasteiger partial charge in [-0.3, -0.25) is 0 Å². The molecule has 0 saturated heterocycles. The lowest BCUT2D eigenvalue weighted by atomic mass is 10.0. The van der Waals surface area contributed by atoms with Crippen molar-refractivity contribution in [2.75, 3.05) is 0 Å². The van der Waals surface area contributed by atoms with Crippen LogP contribution < -0.4 is 4.57 Å². The minimum atomic E-state index is -0.287. The molecule has 88 valence electrons. The van der Waals surface area contributed by atoms with E-state index in [1.807, 2.05) is 30.7 Å². The summed E-state index contributed by atoms with van der Waals surface area (Å²) in [5.74, 6) is 0. The Morgan fingerprint density at radius 3 is 2.67 bits per heavy atom. The molecule has 3 heterocycles. The van der Waals surface area contributed by atoms with Crippen LogP contribution in [-0.4, -0.2) is 10.2 Å². The van der Waals surface area contributed by atoms with Gasteiger partial charge in [0.05, 0.1) is 22.5 Å². The van der Waals surface area contributed by atoms with Gasteiger partial charge in [0.15, 0.2) is 6.20 Å². The van der Waals surface area contributed by atoms with Crippen LogP contribution in [0.4, 0.5) is 0 Å². The Kier molecular flexibility index (Phi) is 2.17. The molecule has 0 fully saturated rings. The summed E-state index contributed by atoms with van der Waals surface area (Å²) in [6.07, 6.45) is 1.97. The maximum absolute atomic E-state index is 9.43. The van der Waals surface area contributed by atoms with E-state index in [1.54, 1.807) is 0 Å². The smallest absolute Gasteiger partial charge is 0.191 e. The molecule has 1 atom stereocenters. The first-order chi connectivity index (χ1) is 8.63. The molecule has 0 radical (unpaired) electrons. The summed E-state index contributed by atoms with van der Waals surface area (Å²) < 4.78 is 2.00. The lowest BCUT2D eigenvalue weighted by Gasteiger charge is -2.02. The van der Waals surface area contributed by atoms with Crippen LogP contribution in [0, 0.1) is 32.1 Å². The quantitative estimate of drug-likeness (QED) is 0.656. The highest BCUT2D eigenvalue weighted by Gasteiger charge is 2.40. The van der Waals surface area contributed by atoms with Gasteiger partial charge in [0.1, 0.15) is 6.07 Å². The first-order valence-corrected chi connectivity index (χ1v) is 5.89. The van der Waals surface area contributed by atoms with E-state index in [2.05, 4.69) is 29.3 Å². The molecular weight excluding hydrogens is 224 g/mol. The Morgan fingerprint density at radius 1 is 1.22 bits per heavy atom. The van der Waals surface area contributed by atoms with Gasteiger partial charge < -0.3 is 0 Å². The number of pyridine rings is 1. The van der Waals surface area contributed by atoms with E-state index >= 15 is 0 Å². The Balaban J connectivity index is 2.43. The SMILES string of the molecule is Cc1cc[n+]2c(c1)-c1c(C)nnc(C)c1C2C#N. The number of nitrogens with zero attached hydrogens (tertiary/aromatic N) is 4. The number of fused-ring (bicyclic) bond motifs is 3. The number of hydrogen-bond acceptors (Lipinski definition) is 3. The van der Waals surface area contributed by atoms with Gasteiger partial charge in [0, 0.05) is 12.1 Å². The topological polar surface area (TPSA) is 53.5 Å². The van der Waals surface area contributed by atoms with E-state index in [1.165, 1.54) is 5.56 Å². The summed E-state index contributed by atoms with van der Waals surface area (Å²) in [4.78, 5) is 0. The third-order valence-corrected chi connectivity index (χ3v) is 3.44. The van der Waals surface area contributed by atoms with E-state index < -0.39 is 0 Å². The van der Waals surface area contributed by atoms with Gasteiger partial charge in [-0.15, -0.1) is 0 Å². The predicted molar refractivity (Wildman–Crippen MR) is 65.6 cm³/mol. The third kappa shape index (κ3) is 1.28. The Morgan fingerprint density at radius 2 is 1.94 bits per heavy atom. The summed E-state index contributed by atoms with van der Waals surface area (Å²) in [6.45, 7) is 5.91. The van der Waals surface area contributed by atoms with Crippen molar-refractivity contribution in [3.63, 3.8) is 0 Å². The van der Waals surface area contributed by atoms with Crippen LogP contribution in [0.25, 0.3) is 11.3 Å². The molecule has 3 rings (SSSR count). The van der Waals surface area contributed by atoms with Gasteiger partial charge >= 0.3 is 0 Å². The minimum Gasteiger partial charge on any atom is -0.191 e. The van der Waals surface area contributed by atoms with Crippen LogP contribution in [-0.2, 0) is 0 Å². The van der Waals surface area contributed by atoms with Gasteiger partial charge in [-0.1, -0.05) is 0 Å². The third-order valence-electron chi connectivity index (χ3n) is 3.44. The fourth-order valence-corrected chi connectivity index (χ4v) is 2.60. The van der Waals surface area contributed by atoms with Gasteiger partial charge in [0.2, 0.25) is 5.69 Å². The summed E-state index contributed by atoms with van der Waals surface area (Å²) in [5, 5.41) is 17.7. The van der Waals surface area contributed by atoms with Crippen LogP contribution in [0.5, 0.6) is 0 Å². The van der Waals surface area contributed by atoms with Crippen molar-refractivity contribution < 1.29 is 4.57 Å². The van der Waals surface area contributed by atoms with E-state index in [-0.39, 0.29) is 6.04 Å². The molecule has 1 aliphatic rings. The van der Waals surface area contributed by atoms with Crippen molar-refractivity contribution in [3.8, 4) is 17.3 Å². The number of rotatable bonds is 0. The number of aromatic nitrogens is 3.